The third-order valence-electron chi connectivity index (χ3n) is 2.84. The van der Waals surface area contributed by atoms with Gasteiger partial charge in [-0.25, -0.2) is 0 Å². The molecule has 1 aliphatic heterocycles. The van der Waals surface area contributed by atoms with Crippen molar-refractivity contribution >= 4 is 5.96 Å². The average molecular weight is 197 g/mol. The Balaban J connectivity index is 2.74. The molecule has 0 amide bonds. The van der Waals surface area contributed by atoms with Crippen LogP contribution in [-0.4, -0.2) is 40.9 Å². The van der Waals surface area contributed by atoms with Crippen LogP contribution in [0.2, 0.25) is 0 Å². The lowest BCUT2D eigenvalue weighted by molar-refractivity contribution is 0.279. The summed E-state index contributed by atoms with van der Waals surface area (Å²) in [6.07, 6.45) is 2.42. The second-order valence-corrected chi connectivity index (χ2v) is 4.60. The van der Waals surface area contributed by atoms with Crippen LogP contribution in [0.25, 0.3) is 0 Å². The molecule has 1 aliphatic rings. The number of guanidine groups is 1. The van der Waals surface area contributed by atoms with E-state index in [1.807, 2.05) is 0 Å². The molecule has 82 valence electrons. The second-order valence-electron chi connectivity index (χ2n) is 4.60. The number of nitrogens with zero attached hydrogens (tertiary/aromatic N) is 2. The van der Waals surface area contributed by atoms with E-state index >= 15 is 0 Å². The molecular weight excluding hydrogens is 174 g/mol. The summed E-state index contributed by atoms with van der Waals surface area (Å²) in [5, 5.41) is 8.16. The van der Waals surface area contributed by atoms with E-state index in [2.05, 4.69) is 37.5 Å². The molecule has 14 heavy (non-hydrogen) atoms. The van der Waals surface area contributed by atoms with Gasteiger partial charge in [0.2, 0.25) is 0 Å². The molecule has 1 N–H and O–H groups in total. The maximum atomic E-state index is 8.16. The van der Waals surface area contributed by atoms with Crippen LogP contribution in [0.15, 0.2) is 0 Å². The van der Waals surface area contributed by atoms with E-state index in [4.69, 9.17) is 5.41 Å². The summed E-state index contributed by atoms with van der Waals surface area (Å²) < 4.78 is 0. The zero-order valence-corrected chi connectivity index (χ0v) is 9.88. The van der Waals surface area contributed by atoms with E-state index < -0.39 is 0 Å². The first-order valence-electron chi connectivity index (χ1n) is 5.66. The van der Waals surface area contributed by atoms with Gasteiger partial charge < -0.3 is 9.80 Å². The van der Waals surface area contributed by atoms with Crippen LogP contribution in [0.3, 0.4) is 0 Å². The normalized spacial score (nSPS) is 19.4. The number of hydrogen-bond donors (Lipinski definition) is 1. The van der Waals surface area contributed by atoms with Gasteiger partial charge in [-0.15, -0.1) is 0 Å². The minimum Gasteiger partial charge on any atom is -0.341 e. The molecule has 0 unspecified atom stereocenters. The highest BCUT2D eigenvalue weighted by molar-refractivity contribution is 5.77. The van der Waals surface area contributed by atoms with E-state index in [0.29, 0.717) is 18.0 Å². The maximum absolute atomic E-state index is 8.16. The molecule has 3 heteroatoms. The van der Waals surface area contributed by atoms with Gasteiger partial charge in [0.1, 0.15) is 0 Å². The molecule has 0 aliphatic carbocycles. The van der Waals surface area contributed by atoms with Crippen LogP contribution in [0.5, 0.6) is 0 Å². The Bertz CT molecular complexity index is 179. The van der Waals surface area contributed by atoms with Crippen molar-refractivity contribution in [2.45, 2.75) is 52.6 Å². The summed E-state index contributed by atoms with van der Waals surface area (Å²) in [7, 11) is 0. The monoisotopic (exact) mass is 197 g/mol. The van der Waals surface area contributed by atoms with Gasteiger partial charge in [-0.3, -0.25) is 5.41 Å². The van der Waals surface area contributed by atoms with Crippen LogP contribution >= 0.6 is 0 Å². The van der Waals surface area contributed by atoms with Crippen LogP contribution in [0.4, 0.5) is 0 Å². The van der Waals surface area contributed by atoms with Crippen molar-refractivity contribution < 1.29 is 0 Å². The lowest BCUT2D eigenvalue weighted by Crippen LogP contribution is -2.48. The van der Waals surface area contributed by atoms with Crippen molar-refractivity contribution in [2.75, 3.05) is 13.1 Å². The Labute approximate surface area is 87.6 Å². The van der Waals surface area contributed by atoms with Gasteiger partial charge >= 0.3 is 0 Å². The molecule has 0 aromatic rings. The highest BCUT2D eigenvalue weighted by Gasteiger charge is 2.23. The van der Waals surface area contributed by atoms with Crippen LogP contribution in [0.1, 0.15) is 40.5 Å². The molecule has 0 atom stereocenters. The van der Waals surface area contributed by atoms with Crippen molar-refractivity contribution in [2.24, 2.45) is 0 Å². The molecule has 0 saturated carbocycles. The summed E-state index contributed by atoms with van der Waals surface area (Å²) in [6, 6.07) is 0.892. The minimum absolute atomic E-state index is 0.446. The fourth-order valence-electron chi connectivity index (χ4n) is 1.95. The predicted octanol–water partition coefficient (Wildman–Crippen LogP) is 2.14. The van der Waals surface area contributed by atoms with E-state index in [-0.39, 0.29) is 0 Å². The van der Waals surface area contributed by atoms with E-state index in [1.54, 1.807) is 0 Å². The van der Waals surface area contributed by atoms with Gasteiger partial charge in [-0.05, 0) is 40.5 Å². The molecule has 0 aromatic carbocycles. The molecular formula is C11H23N3. The van der Waals surface area contributed by atoms with Crippen molar-refractivity contribution in [3.05, 3.63) is 0 Å². The van der Waals surface area contributed by atoms with Gasteiger partial charge in [-0.2, -0.15) is 0 Å². The number of rotatable bonds is 2. The van der Waals surface area contributed by atoms with E-state index in [0.717, 1.165) is 13.1 Å². The summed E-state index contributed by atoms with van der Waals surface area (Å²) >= 11 is 0. The Morgan fingerprint density at radius 3 is 1.57 bits per heavy atom. The van der Waals surface area contributed by atoms with Crippen LogP contribution < -0.4 is 0 Å². The molecule has 1 saturated heterocycles. The first-order chi connectivity index (χ1) is 6.54. The van der Waals surface area contributed by atoms with Gasteiger partial charge in [0.05, 0.1) is 0 Å². The summed E-state index contributed by atoms with van der Waals surface area (Å²) in [5.41, 5.74) is 0. The van der Waals surface area contributed by atoms with Gasteiger partial charge in [0.25, 0.3) is 0 Å². The second kappa shape index (κ2) is 4.67. The third kappa shape index (κ3) is 2.40. The van der Waals surface area contributed by atoms with Crippen molar-refractivity contribution in [3.63, 3.8) is 0 Å². The summed E-state index contributed by atoms with van der Waals surface area (Å²) in [4.78, 5) is 4.40. The maximum Gasteiger partial charge on any atom is 0.194 e. The van der Waals surface area contributed by atoms with Crippen molar-refractivity contribution in [1.29, 1.82) is 5.41 Å². The largest absolute Gasteiger partial charge is 0.341 e. The molecule has 1 rings (SSSR count). The van der Waals surface area contributed by atoms with E-state index in [1.165, 1.54) is 12.8 Å². The zero-order chi connectivity index (χ0) is 10.7. The molecule has 3 nitrogen and oxygen atoms in total. The third-order valence-corrected chi connectivity index (χ3v) is 2.84. The molecule has 1 fully saturated rings. The lowest BCUT2D eigenvalue weighted by atomic mass is 10.2. The lowest BCUT2D eigenvalue weighted by Gasteiger charge is -2.35. The minimum atomic E-state index is 0.446. The molecule has 0 spiro atoms. The van der Waals surface area contributed by atoms with Crippen LogP contribution in [0, 0.1) is 5.41 Å². The SMILES string of the molecule is CC(C)N1CCCCN(C(C)C)C1=N. The Morgan fingerprint density at radius 1 is 0.929 bits per heavy atom. The Kier molecular flexibility index (Phi) is 3.78. The highest BCUT2D eigenvalue weighted by atomic mass is 15.4. The summed E-state index contributed by atoms with van der Waals surface area (Å²) in [5.74, 6) is 0.715. The molecule has 1 heterocycles. The standard InChI is InChI=1S/C11H23N3/c1-9(2)13-7-5-6-8-14(10(3)4)11(13)12/h9-10,12H,5-8H2,1-4H3. The van der Waals surface area contributed by atoms with Crippen molar-refractivity contribution in [3.8, 4) is 0 Å². The zero-order valence-electron chi connectivity index (χ0n) is 9.88. The highest BCUT2D eigenvalue weighted by Crippen LogP contribution is 2.14. The smallest absolute Gasteiger partial charge is 0.194 e. The fourth-order valence-corrected chi connectivity index (χ4v) is 1.95. The fraction of sp³-hybridized carbons (Fsp3) is 0.909. The summed E-state index contributed by atoms with van der Waals surface area (Å²) in [6.45, 7) is 10.7. The first-order valence-corrected chi connectivity index (χ1v) is 5.66. The molecule has 0 radical (unpaired) electrons. The topological polar surface area (TPSA) is 30.3 Å². The quantitative estimate of drug-likeness (QED) is 0.735. The average Bonchev–Trinajstić information content (AvgIpc) is 2.26. The molecule has 0 bridgehead atoms. The van der Waals surface area contributed by atoms with Gasteiger partial charge in [0.15, 0.2) is 5.96 Å². The van der Waals surface area contributed by atoms with E-state index in [9.17, 15) is 0 Å². The number of hydrogen-bond acceptors (Lipinski definition) is 1. The van der Waals surface area contributed by atoms with Gasteiger partial charge in [0, 0.05) is 25.2 Å². The predicted molar refractivity (Wildman–Crippen MR) is 60.6 cm³/mol. The van der Waals surface area contributed by atoms with Crippen molar-refractivity contribution in [1.82, 2.24) is 9.80 Å². The number of nitrogens with one attached hydrogen (secondary N) is 1. The Hall–Kier alpha value is -0.730. The van der Waals surface area contributed by atoms with Crippen LogP contribution in [-0.2, 0) is 0 Å². The molecule has 0 aromatic heterocycles. The Morgan fingerprint density at radius 2 is 1.29 bits per heavy atom. The van der Waals surface area contributed by atoms with Gasteiger partial charge in [-0.1, -0.05) is 0 Å². The first kappa shape index (κ1) is 11.3.